The molecule has 0 aromatic heterocycles. The molecule has 5 heteroatoms. The normalized spacial score (nSPS) is 22.6. The highest BCUT2D eigenvalue weighted by Gasteiger charge is 2.41. The second kappa shape index (κ2) is 6.87. The molecule has 4 rings (SSSR count). The maximum Gasteiger partial charge on any atom is 0.205 e. The average Bonchev–Trinajstić information content (AvgIpc) is 2.68. The minimum atomic E-state index is -0.435. The summed E-state index contributed by atoms with van der Waals surface area (Å²) in [7, 11) is 0. The molecule has 2 aromatic rings. The van der Waals surface area contributed by atoms with E-state index in [1.54, 1.807) is 6.07 Å². The number of hydrogen-bond donors (Lipinski definition) is 0. The Balaban J connectivity index is 1.83. The van der Waals surface area contributed by atoms with Crippen molar-refractivity contribution in [3.05, 3.63) is 53.1 Å². The molecule has 0 bridgehead atoms. The van der Waals surface area contributed by atoms with Crippen LogP contribution in [0.5, 0.6) is 5.75 Å². The molecule has 2 aliphatic heterocycles. The van der Waals surface area contributed by atoms with Crippen LogP contribution in [-0.2, 0) is 4.74 Å². The van der Waals surface area contributed by atoms with E-state index in [1.165, 1.54) is 0 Å². The molecular weight excluding hydrogens is 338 g/mol. The van der Waals surface area contributed by atoms with Gasteiger partial charge in [-0.2, -0.15) is 15.5 Å². The summed E-state index contributed by atoms with van der Waals surface area (Å²) in [6.07, 6.45) is 4.33. The topological polar surface area (TPSA) is 78.4 Å². The van der Waals surface area contributed by atoms with Crippen molar-refractivity contribution in [2.75, 3.05) is 13.2 Å². The molecule has 1 spiro atoms. The SMILES string of the molecule is Cc1cc2c(cc1-c1cccc(C#N)c1)C(=NC#N)CC1(CCCOC1)O2. The fourth-order valence-electron chi connectivity index (χ4n) is 3.94. The number of aliphatic imine (C=N–C) groups is 1. The monoisotopic (exact) mass is 357 g/mol. The number of ether oxygens (including phenoxy) is 2. The van der Waals surface area contributed by atoms with Gasteiger partial charge in [-0.15, -0.1) is 0 Å². The second-order valence-corrected chi connectivity index (χ2v) is 7.13. The summed E-state index contributed by atoms with van der Waals surface area (Å²) in [5.41, 5.74) is 4.79. The van der Waals surface area contributed by atoms with Crippen LogP contribution in [0.15, 0.2) is 41.4 Å². The molecular formula is C22H19N3O2. The molecule has 0 N–H and O–H groups in total. The van der Waals surface area contributed by atoms with Crippen molar-refractivity contribution in [2.45, 2.75) is 31.8 Å². The molecule has 0 saturated carbocycles. The summed E-state index contributed by atoms with van der Waals surface area (Å²) >= 11 is 0. The van der Waals surface area contributed by atoms with Crippen molar-refractivity contribution < 1.29 is 9.47 Å². The summed E-state index contributed by atoms with van der Waals surface area (Å²) in [4.78, 5) is 4.11. The van der Waals surface area contributed by atoms with E-state index in [1.807, 2.05) is 43.4 Å². The van der Waals surface area contributed by atoms with Crippen molar-refractivity contribution >= 4 is 5.71 Å². The van der Waals surface area contributed by atoms with Crippen LogP contribution in [0.2, 0.25) is 0 Å². The Morgan fingerprint density at radius 2 is 2.04 bits per heavy atom. The van der Waals surface area contributed by atoms with Crippen LogP contribution in [-0.4, -0.2) is 24.5 Å². The van der Waals surface area contributed by atoms with Gasteiger partial charge in [0.15, 0.2) is 0 Å². The number of hydrogen-bond acceptors (Lipinski definition) is 5. The van der Waals surface area contributed by atoms with Gasteiger partial charge in [0.05, 0.1) is 24.0 Å². The van der Waals surface area contributed by atoms with Crippen molar-refractivity contribution in [3.8, 4) is 29.1 Å². The summed E-state index contributed by atoms with van der Waals surface area (Å²) < 4.78 is 12.0. The van der Waals surface area contributed by atoms with Crippen molar-refractivity contribution in [1.29, 1.82) is 10.5 Å². The summed E-state index contributed by atoms with van der Waals surface area (Å²) in [6.45, 7) is 3.29. The molecule has 2 aliphatic rings. The molecule has 2 heterocycles. The molecule has 0 radical (unpaired) electrons. The molecule has 5 nitrogen and oxygen atoms in total. The Morgan fingerprint density at radius 3 is 2.78 bits per heavy atom. The number of fused-ring (bicyclic) bond motifs is 1. The van der Waals surface area contributed by atoms with Crippen molar-refractivity contribution in [1.82, 2.24) is 0 Å². The Hall–Kier alpha value is -3.15. The Bertz CT molecular complexity index is 1010. The molecule has 1 saturated heterocycles. The zero-order chi connectivity index (χ0) is 18.9. The molecule has 1 fully saturated rings. The maximum atomic E-state index is 9.19. The lowest BCUT2D eigenvalue weighted by atomic mass is 9.83. The van der Waals surface area contributed by atoms with E-state index >= 15 is 0 Å². The first kappa shape index (κ1) is 17.3. The molecule has 2 aromatic carbocycles. The third-order valence-corrected chi connectivity index (χ3v) is 5.23. The Kier molecular flexibility index (Phi) is 4.39. The van der Waals surface area contributed by atoms with E-state index in [9.17, 15) is 10.5 Å². The van der Waals surface area contributed by atoms with E-state index in [0.717, 1.165) is 53.2 Å². The van der Waals surface area contributed by atoms with Crippen molar-refractivity contribution in [3.63, 3.8) is 0 Å². The van der Waals surface area contributed by atoms with E-state index in [0.29, 0.717) is 18.6 Å². The summed E-state index contributed by atoms with van der Waals surface area (Å²) in [5.74, 6) is 0.749. The average molecular weight is 357 g/mol. The number of nitrogens with zero attached hydrogens (tertiary/aromatic N) is 3. The third-order valence-electron chi connectivity index (χ3n) is 5.23. The van der Waals surface area contributed by atoms with Crippen LogP contribution in [0.4, 0.5) is 0 Å². The maximum absolute atomic E-state index is 9.19. The van der Waals surface area contributed by atoms with Gasteiger partial charge in [0.2, 0.25) is 6.19 Å². The van der Waals surface area contributed by atoms with E-state index in [-0.39, 0.29) is 0 Å². The predicted octanol–water partition coefficient (Wildman–Crippen LogP) is 4.14. The van der Waals surface area contributed by atoms with Gasteiger partial charge >= 0.3 is 0 Å². The molecule has 134 valence electrons. The zero-order valence-corrected chi connectivity index (χ0v) is 15.2. The lowest BCUT2D eigenvalue weighted by Crippen LogP contribution is -2.48. The minimum Gasteiger partial charge on any atom is -0.484 e. The van der Waals surface area contributed by atoms with Crippen LogP contribution in [0.1, 0.15) is 36.0 Å². The first-order valence-corrected chi connectivity index (χ1v) is 9.02. The molecule has 1 atom stereocenters. The first-order valence-electron chi connectivity index (χ1n) is 9.02. The number of aryl methyl sites for hydroxylation is 1. The minimum absolute atomic E-state index is 0.435. The quantitative estimate of drug-likeness (QED) is 0.719. The van der Waals surface area contributed by atoms with Gasteiger partial charge in [0, 0.05) is 18.6 Å². The molecule has 0 amide bonds. The highest BCUT2D eigenvalue weighted by atomic mass is 16.5. The van der Waals surface area contributed by atoms with Gasteiger partial charge in [-0.05, 0) is 60.7 Å². The van der Waals surface area contributed by atoms with E-state index in [4.69, 9.17) is 9.47 Å². The van der Waals surface area contributed by atoms with Crippen LogP contribution < -0.4 is 4.74 Å². The first-order chi connectivity index (χ1) is 13.1. The summed E-state index contributed by atoms with van der Waals surface area (Å²) in [5, 5.41) is 18.4. The highest BCUT2D eigenvalue weighted by Crippen LogP contribution is 2.41. The largest absolute Gasteiger partial charge is 0.484 e. The molecule has 0 aliphatic carbocycles. The number of rotatable bonds is 1. The zero-order valence-electron chi connectivity index (χ0n) is 15.2. The number of benzene rings is 2. The van der Waals surface area contributed by atoms with E-state index in [2.05, 4.69) is 11.1 Å². The lowest BCUT2D eigenvalue weighted by Gasteiger charge is -2.41. The van der Waals surface area contributed by atoms with Crippen LogP contribution >= 0.6 is 0 Å². The predicted molar refractivity (Wildman–Crippen MR) is 102 cm³/mol. The Labute approximate surface area is 158 Å². The Morgan fingerprint density at radius 1 is 1.15 bits per heavy atom. The van der Waals surface area contributed by atoms with Gasteiger partial charge < -0.3 is 9.47 Å². The smallest absolute Gasteiger partial charge is 0.205 e. The highest BCUT2D eigenvalue weighted by molar-refractivity contribution is 6.06. The van der Waals surface area contributed by atoms with Gasteiger partial charge in [0.1, 0.15) is 11.4 Å². The molecule has 27 heavy (non-hydrogen) atoms. The van der Waals surface area contributed by atoms with Gasteiger partial charge in [0.25, 0.3) is 0 Å². The van der Waals surface area contributed by atoms with Crippen LogP contribution in [0, 0.1) is 29.7 Å². The van der Waals surface area contributed by atoms with Crippen LogP contribution in [0.25, 0.3) is 11.1 Å². The van der Waals surface area contributed by atoms with Gasteiger partial charge in [-0.25, -0.2) is 0 Å². The van der Waals surface area contributed by atoms with Gasteiger partial charge in [-0.3, -0.25) is 0 Å². The van der Waals surface area contributed by atoms with Gasteiger partial charge in [-0.1, -0.05) is 12.1 Å². The third kappa shape index (κ3) is 3.18. The second-order valence-electron chi connectivity index (χ2n) is 7.13. The van der Waals surface area contributed by atoms with E-state index < -0.39 is 5.60 Å². The fraction of sp³-hybridized carbons (Fsp3) is 0.318. The number of nitriles is 2. The lowest BCUT2D eigenvalue weighted by molar-refractivity contribution is -0.0661. The summed E-state index contributed by atoms with van der Waals surface area (Å²) in [6, 6.07) is 13.7. The van der Waals surface area contributed by atoms with Crippen molar-refractivity contribution in [2.24, 2.45) is 4.99 Å². The standard InChI is InChI=1S/C22H19N3O2/c1-15-8-21-19(10-18(15)17-5-2-4-16(9-17)12-23)20(25-14-24)11-22(27-21)6-3-7-26-13-22/h2,4-5,8-10H,3,6-7,11,13H2,1H3. The van der Waals surface area contributed by atoms with Crippen LogP contribution in [0.3, 0.4) is 0 Å². The molecule has 1 unspecified atom stereocenters. The fourth-order valence-corrected chi connectivity index (χ4v) is 3.94.